The molecule has 1 heterocycles. The van der Waals surface area contributed by atoms with E-state index >= 15 is 0 Å². The number of hydrogen-bond acceptors (Lipinski definition) is 2. The summed E-state index contributed by atoms with van der Waals surface area (Å²) in [5, 5.41) is 3.36. The van der Waals surface area contributed by atoms with Gasteiger partial charge in [-0.3, -0.25) is 4.98 Å². The molecule has 0 saturated heterocycles. The number of nitrogens with one attached hydrogen (secondary N) is 1. The molecule has 1 aromatic carbocycles. The van der Waals surface area contributed by atoms with Crippen LogP contribution in [0.5, 0.6) is 0 Å². The van der Waals surface area contributed by atoms with Gasteiger partial charge in [-0.2, -0.15) is 0 Å². The first-order chi connectivity index (χ1) is 9.61. The van der Waals surface area contributed by atoms with Crippen molar-refractivity contribution in [1.29, 1.82) is 0 Å². The SMILES string of the molecule is CNC(c1cccc(CC(C)C)c1)c1ncccc1Br. The molecule has 0 spiro atoms. The Morgan fingerprint density at radius 2 is 2.00 bits per heavy atom. The van der Waals surface area contributed by atoms with E-state index in [0.29, 0.717) is 5.92 Å². The molecule has 1 aromatic heterocycles. The molecule has 2 aromatic rings. The van der Waals surface area contributed by atoms with Gasteiger partial charge in [0.1, 0.15) is 0 Å². The first kappa shape index (κ1) is 15.2. The van der Waals surface area contributed by atoms with Gasteiger partial charge in [-0.25, -0.2) is 0 Å². The predicted octanol–water partition coefficient (Wildman–Crippen LogP) is 4.35. The second-order valence-electron chi connectivity index (χ2n) is 5.44. The summed E-state index contributed by atoms with van der Waals surface area (Å²) in [7, 11) is 1.97. The highest BCUT2D eigenvalue weighted by Crippen LogP contribution is 2.27. The van der Waals surface area contributed by atoms with Crippen molar-refractivity contribution in [3.8, 4) is 0 Å². The smallest absolute Gasteiger partial charge is 0.0760 e. The molecule has 106 valence electrons. The fourth-order valence-corrected chi connectivity index (χ4v) is 2.93. The third kappa shape index (κ3) is 3.68. The highest BCUT2D eigenvalue weighted by Gasteiger charge is 2.16. The van der Waals surface area contributed by atoms with Gasteiger partial charge in [0.05, 0.1) is 11.7 Å². The Labute approximate surface area is 129 Å². The molecule has 0 radical (unpaired) electrons. The lowest BCUT2D eigenvalue weighted by Crippen LogP contribution is -2.19. The van der Waals surface area contributed by atoms with Crippen LogP contribution in [0, 0.1) is 5.92 Å². The first-order valence-corrected chi connectivity index (χ1v) is 7.77. The van der Waals surface area contributed by atoms with Crippen LogP contribution in [0.4, 0.5) is 0 Å². The number of rotatable bonds is 5. The third-order valence-electron chi connectivity index (χ3n) is 3.28. The van der Waals surface area contributed by atoms with Crippen LogP contribution in [-0.4, -0.2) is 12.0 Å². The van der Waals surface area contributed by atoms with Crippen molar-refractivity contribution >= 4 is 15.9 Å². The fourth-order valence-electron chi connectivity index (χ4n) is 2.44. The largest absolute Gasteiger partial charge is 0.308 e. The van der Waals surface area contributed by atoms with Crippen LogP contribution < -0.4 is 5.32 Å². The zero-order valence-corrected chi connectivity index (χ0v) is 13.8. The van der Waals surface area contributed by atoms with Crippen molar-refractivity contribution in [2.24, 2.45) is 5.92 Å². The quantitative estimate of drug-likeness (QED) is 0.880. The van der Waals surface area contributed by atoms with Crippen LogP contribution in [-0.2, 0) is 6.42 Å². The number of pyridine rings is 1. The molecule has 1 unspecified atom stereocenters. The molecule has 0 aliphatic carbocycles. The van der Waals surface area contributed by atoms with Crippen molar-refractivity contribution in [3.05, 3.63) is 63.9 Å². The molecule has 0 fully saturated rings. The molecule has 2 nitrogen and oxygen atoms in total. The lowest BCUT2D eigenvalue weighted by Gasteiger charge is -2.18. The van der Waals surface area contributed by atoms with Gasteiger partial charge >= 0.3 is 0 Å². The highest BCUT2D eigenvalue weighted by molar-refractivity contribution is 9.10. The maximum atomic E-state index is 4.51. The van der Waals surface area contributed by atoms with Crippen molar-refractivity contribution in [2.45, 2.75) is 26.3 Å². The van der Waals surface area contributed by atoms with Gasteiger partial charge < -0.3 is 5.32 Å². The van der Waals surface area contributed by atoms with E-state index in [4.69, 9.17) is 0 Å². The zero-order valence-electron chi connectivity index (χ0n) is 12.2. The lowest BCUT2D eigenvalue weighted by molar-refractivity contribution is 0.640. The van der Waals surface area contributed by atoms with Crippen LogP contribution in [0.2, 0.25) is 0 Å². The van der Waals surface area contributed by atoms with Crippen LogP contribution >= 0.6 is 15.9 Å². The fraction of sp³-hybridized carbons (Fsp3) is 0.353. The van der Waals surface area contributed by atoms with Crippen molar-refractivity contribution in [2.75, 3.05) is 7.05 Å². The molecular formula is C17H21BrN2. The number of aromatic nitrogens is 1. The normalized spacial score (nSPS) is 12.7. The molecule has 1 N–H and O–H groups in total. The number of hydrogen-bond donors (Lipinski definition) is 1. The van der Waals surface area contributed by atoms with E-state index in [1.165, 1.54) is 11.1 Å². The minimum Gasteiger partial charge on any atom is -0.308 e. The van der Waals surface area contributed by atoms with E-state index in [0.717, 1.165) is 16.6 Å². The summed E-state index contributed by atoms with van der Waals surface area (Å²) >= 11 is 3.59. The molecule has 0 bridgehead atoms. The van der Waals surface area contributed by atoms with Gasteiger partial charge in [-0.1, -0.05) is 38.1 Å². The Morgan fingerprint density at radius 3 is 2.65 bits per heavy atom. The van der Waals surface area contributed by atoms with Gasteiger partial charge in [0.25, 0.3) is 0 Å². The molecule has 0 saturated carbocycles. The molecule has 1 atom stereocenters. The van der Waals surface area contributed by atoms with E-state index in [-0.39, 0.29) is 6.04 Å². The van der Waals surface area contributed by atoms with E-state index in [1.807, 2.05) is 25.4 Å². The van der Waals surface area contributed by atoms with Gasteiger partial charge in [-0.05, 0) is 58.6 Å². The average Bonchev–Trinajstić information content (AvgIpc) is 2.41. The number of nitrogens with zero attached hydrogens (tertiary/aromatic N) is 1. The van der Waals surface area contributed by atoms with Crippen molar-refractivity contribution in [3.63, 3.8) is 0 Å². The maximum absolute atomic E-state index is 4.51. The highest BCUT2D eigenvalue weighted by atomic mass is 79.9. The zero-order chi connectivity index (χ0) is 14.5. The second kappa shape index (κ2) is 7.00. The molecular weight excluding hydrogens is 312 g/mol. The summed E-state index contributed by atoms with van der Waals surface area (Å²) in [6.07, 6.45) is 2.94. The van der Waals surface area contributed by atoms with Gasteiger partial charge in [0.2, 0.25) is 0 Å². The van der Waals surface area contributed by atoms with Gasteiger partial charge in [0, 0.05) is 10.7 Å². The number of benzene rings is 1. The minimum absolute atomic E-state index is 0.109. The molecule has 0 aliphatic heterocycles. The van der Waals surface area contributed by atoms with E-state index in [9.17, 15) is 0 Å². The average molecular weight is 333 g/mol. The lowest BCUT2D eigenvalue weighted by atomic mass is 9.97. The predicted molar refractivity (Wildman–Crippen MR) is 87.8 cm³/mol. The Bertz CT molecular complexity index is 566. The Morgan fingerprint density at radius 1 is 1.20 bits per heavy atom. The Balaban J connectivity index is 2.35. The van der Waals surface area contributed by atoms with Gasteiger partial charge in [-0.15, -0.1) is 0 Å². The van der Waals surface area contributed by atoms with Crippen LogP contribution in [0.15, 0.2) is 47.1 Å². The molecule has 3 heteroatoms. The Kier molecular flexibility index (Phi) is 5.32. The van der Waals surface area contributed by atoms with Crippen LogP contribution in [0.25, 0.3) is 0 Å². The summed E-state index contributed by atoms with van der Waals surface area (Å²) in [6.45, 7) is 4.50. The van der Waals surface area contributed by atoms with E-state index in [2.05, 4.69) is 64.3 Å². The molecule has 20 heavy (non-hydrogen) atoms. The summed E-state index contributed by atoms with van der Waals surface area (Å²) in [6, 6.07) is 12.9. The van der Waals surface area contributed by atoms with Crippen LogP contribution in [0.3, 0.4) is 0 Å². The monoisotopic (exact) mass is 332 g/mol. The van der Waals surface area contributed by atoms with Crippen molar-refractivity contribution < 1.29 is 0 Å². The summed E-state index contributed by atoms with van der Waals surface area (Å²) in [5.41, 5.74) is 3.66. The third-order valence-corrected chi connectivity index (χ3v) is 3.95. The maximum Gasteiger partial charge on any atom is 0.0760 e. The summed E-state index contributed by atoms with van der Waals surface area (Å²) in [5.74, 6) is 0.667. The summed E-state index contributed by atoms with van der Waals surface area (Å²) in [4.78, 5) is 4.51. The number of halogens is 1. The first-order valence-electron chi connectivity index (χ1n) is 6.98. The van der Waals surface area contributed by atoms with Crippen LogP contribution in [0.1, 0.15) is 36.7 Å². The standard InChI is InChI=1S/C17H21BrN2/c1-12(2)10-13-6-4-7-14(11-13)16(19-3)17-15(18)8-5-9-20-17/h4-9,11-12,16,19H,10H2,1-3H3. The van der Waals surface area contributed by atoms with Gasteiger partial charge in [0.15, 0.2) is 0 Å². The Hall–Kier alpha value is -1.19. The van der Waals surface area contributed by atoms with Crippen molar-refractivity contribution in [1.82, 2.24) is 10.3 Å². The molecule has 0 amide bonds. The second-order valence-corrected chi connectivity index (χ2v) is 6.29. The topological polar surface area (TPSA) is 24.9 Å². The summed E-state index contributed by atoms with van der Waals surface area (Å²) < 4.78 is 1.04. The van der Waals surface area contributed by atoms with E-state index in [1.54, 1.807) is 0 Å². The minimum atomic E-state index is 0.109. The van der Waals surface area contributed by atoms with E-state index < -0.39 is 0 Å². The molecule has 0 aliphatic rings. The molecule has 2 rings (SSSR count).